The Hall–Kier alpha value is -2.31. The van der Waals surface area contributed by atoms with Gasteiger partial charge in [0, 0.05) is 38.1 Å². The Kier molecular flexibility index (Phi) is 5.96. The van der Waals surface area contributed by atoms with E-state index in [1.165, 1.54) is 0 Å². The lowest BCUT2D eigenvalue weighted by atomic mass is 10.2. The van der Waals surface area contributed by atoms with Gasteiger partial charge in [0.15, 0.2) is 0 Å². The Balaban J connectivity index is 1.49. The van der Waals surface area contributed by atoms with Crippen molar-refractivity contribution < 1.29 is 9.59 Å². The van der Waals surface area contributed by atoms with Crippen molar-refractivity contribution in [2.75, 3.05) is 36.4 Å². The number of hydrogen-bond acceptors (Lipinski definition) is 4. The fourth-order valence-electron chi connectivity index (χ4n) is 2.75. The molecule has 6 nitrogen and oxygen atoms in total. The molecule has 0 bridgehead atoms. The summed E-state index contributed by atoms with van der Waals surface area (Å²) in [5.41, 5.74) is 0.511. The molecule has 2 heterocycles. The maximum absolute atomic E-state index is 12.3. The quantitative estimate of drug-likeness (QED) is 0.811. The minimum Gasteiger partial charge on any atom is -0.353 e. The zero-order chi connectivity index (χ0) is 18.5. The van der Waals surface area contributed by atoms with Crippen LogP contribution in [0.15, 0.2) is 42.6 Å². The van der Waals surface area contributed by atoms with Gasteiger partial charge in [-0.25, -0.2) is 4.98 Å². The Morgan fingerprint density at radius 2 is 1.81 bits per heavy atom. The molecule has 1 saturated heterocycles. The van der Waals surface area contributed by atoms with Crippen molar-refractivity contribution in [3.63, 3.8) is 0 Å². The van der Waals surface area contributed by atoms with Crippen LogP contribution < -0.4 is 10.2 Å². The highest BCUT2D eigenvalue weighted by molar-refractivity contribution is 6.42. The van der Waals surface area contributed by atoms with Crippen LogP contribution in [-0.2, 0) is 9.59 Å². The van der Waals surface area contributed by atoms with Gasteiger partial charge >= 0.3 is 0 Å². The molecule has 1 aromatic heterocycles. The van der Waals surface area contributed by atoms with Crippen LogP contribution in [0.4, 0.5) is 11.5 Å². The van der Waals surface area contributed by atoms with Gasteiger partial charge in [0.05, 0.1) is 10.0 Å². The predicted octanol–water partition coefficient (Wildman–Crippen LogP) is 3.07. The van der Waals surface area contributed by atoms with E-state index < -0.39 is 0 Å². The van der Waals surface area contributed by atoms with E-state index in [9.17, 15) is 9.59 Å². The molecule has 26 heavy (non-hydrogen) atoms. The average Bonchev–Trinajstić information content (AvgIpc) is 2.65. The summed E-state index contributed by atoms with van der Waals surface area (Å²) in [7, 11) is 0. The number of amides is 2. The van der Waals surface area contributed by atoms with Gasteiger partial charge in [-0.05, 0) is 30.3 Å². The largest absolute Gasteiger partial charge is 0.353 e. The standard InChI is InChI=1S/C18H18Cl2N4O2/c19-14-5-4-13(11-15(14)20)22-17(25)12-18(26)24-9-7-23(8-10-24)16-3-1-2-6-21-16/h1-6,11H,7-10,12H2,(H,22,25). The second kappa shape index (κ2) is 8.38. The fourth-order valence-corrected chi connectivity index (χ4v) is 3.05. The minimum atomic E-state index is -0.374. The first-order chi connectivity index (χ1) is 12.5. The second-order valence-electron chi connectivity index (χ2n) is 5.91. The van der Waals surface area contributed by atoms with Crippen LogP contribution in [0.2, 0.25) is 10.0 Å². The number of halogens is 2. The zero-order valence-corrected chi connectivity index (χ0v) is 15.5. The lowest BCUT2D eigenvalue weighted by Crippen LogP contribution is -2.49. The maximum atomic E-state index is 12.3. The number of hydrogen-bond donors (Lipinski definition) is 1. The number of aromatic nitrogens is 1. The second-order valence-corrected chi connectivity index (χ2v) is 6.72. The summed E-state index contributed by atoms with van der Waals surface area (Å²) in [6, 6.07) is 10.5. The molecule has 1 aliphatic rings. The molecule has 1 N–H and O–H groups in total. The molecule has 136 valence electrons. The molecule has 2 aromatic rings. The highest BCUT2D eigenvalue weighted by atomic mass is 35.5. The smallest absolute Gasteiger partial charge is 0.233 e. The van der Waals surface area contributed by atoms with Gasteiger partial charge in [-0.3, -0.25) is 9.59 Å². The first kappa shape index (κ1) is 18.5. The fraction of sp³-hybridized carbons (Fsp3) is 0.278. The van der Waals surface area contributed by atoms with Crippen LogP contribution >= 0.6 is 23.2 Å². The summed E-state index contributed by atoms with van der Waals surface area (Å²) in [5.74, 6) is 0.334. The lowest BCUT2D eigenvalue weighted by molar-refractivity contribution is -0.134. The molecule has 0 spiro atoms. The third kappa shape index (κ3) is 4.65. The molecule has 2 amide bonds. The van der Waals surface area contributed by atoms with E-state index in [0.29, 0.717) is 41.9 Å². The van der Waals surface area contributed by atoms with Crippen molar-refractivity contribution in [1.29, 1.82) is 0 Å². The number of pyridine rings is 1. The SMILES string of the molecule is O=C(CC(=O)N1CCN(c2ccccn2)CC1)Nc1ccc(Cl)c(Cl)c1. The zero-order valence-electron chi connectivity index (χ0n) is 14.0. The van der Waals surface area contributed by atoms with Crippen LogP contribution in [0.25, 0.3) is 0 Å². The summed E-state index contributed by atoms with van der Waals surface area (Å²) in [4.78, 5) is 32.6. The Morgan fingerprint density at radius 3 is 2.46 bits per heavy atom. The van der Waals surface area contributed by atoms with Crippen molar-refractivity contribution in [1.82, 2.24) is 9.88 Å². The Bertz CT molecular complexity index is 793. The number of anilines is 2. The molecule has 1 aliphatic heterocycles. The van der Waals surface area contributed by atoms with E-state index >= 15 is 0 Å². The van der Waals surface area contributed by atoms with Crippen molar-refractivity contribution >= 4 is 46.5 Å². The normalized spacial score (nSPS) is 14.2. The van der Waals surface area contributed by atoms with Crippen molar-refractivity contribution in [3.8, 4) is 0 Å². The van der Waals surface area contributed by atoms with Crippen LogP contribution in [0.5, 0.6) is 0 Å². The number of piperazine rings is 1. The van der Waals surface area contributed by atoms with Crippen LogP contribution in [-0.4, -0.2) is 47.9 Å². The van der Waals surface area contributed by atoms with E-state index in [1.807, 2.05) is 18.2 Å². The summed E-state index contributed by atoms with van der Waals surface area (Å²) < 4.78 is 0. The van der Waals surface area contributed by atoms with E-state index in [0.717, 1.165) is 5.82 Å². The van der Waals surface area contributed by atoms with Crippen molar-refractivity contribution in [2.45, 2.75) is 6.42 Å². The Labute approximate surface area is 161 Å². The number of nitrogens with zero attached hydrogens (tertiary/aromatic N) is 3. The van der Waals surface area contributed by atoms with Gasteiger partial charge < -0.3 is 15.1 Å². The summed E-state index contributed by atoms with van der Waals surface area (Å²) >= 11 is 11.8. The molecule has 8 heteroatoms. The Morgan fingerprint density at radius 1 is 1.04 bits per heavy atom. The third-order valence-electron chi connectivity index (χ3n) is 4.12. The molecule has 1 aromatic carbocycles. The summed E-state index contributed by atoms with van der Waals surface area (Å²) in [5, 5.41) is 3.42. The topological polar surface area (TPSA) is 65.5 Å². The summed E-state index contributed by atoms with van der Waals surface area (Å²) in [6.45, 7) is 2.51. The minimum absolute atomic E-state index is 0.191. The average molecular weight is 393 g/mol. The summed E-state index contributed by atoms with van der Waals surface area (Å²) in [6.07, 6.45) is 1.55. The van der Waals surface area contributed by atoms with E-state index in [-0.39, 0.29) is 18.2 Å². The number of rotatable bonds is 4. The first-order valence-electron chi connectivity index (χ1n) is 8.21. The monoisotopic (exact) mass is 392 g/mol. The van der Waals surface area contributed by atoms with Gasteiger partial charge in [0.1, 0.15) is 12.2 Å². The van der Waals surface area contributed by atoms with Crippen LogP contribution in [0, 0.1) is 0 Å². The van der Waals surface area contributed by atoms with Gasteiger partial charge in [-0.1, -0.05) is 29.3 Å². The van der Waals surface area contributed by atoms with Gasteiger partial charge in [-0.2, -0.15) is 0 Å². The van der Waals surface area contributed by atoms with Crippen molar-refractivity contribution in [3.05, 3.63) is 52.6 Å². The van der Waals surface area contributed by atoms with Crippen molar-refractivity contribution in [2.24, 2.45) is 0 Å². The lowest BCUT2D eigenvalue weighted by Gasteiger charge is -2.35. The molecule has 0 aliphatic carbocycles. The molecule has 0 unspecified atom stereocenters. The van der Waals surface area contributed by atoms with Gasteiger partial charge in [0.2, 0.25) is 11.8 Å². The number of benzene rings is 1. The number of nitrogens with one attached hydrogen (secondary N) is 1. The highest BCUT2D eigenvalue weighted by Crippen LogP contribution is 2.25. The van der Waals surface area contributed by atoms with E-state index in [2.05, 4.69) is 15.2 Å². The molecule has 0 saturated carbocycles. The van der Waals surface area contributed by atoms with Crippen LogP contribution in [0.1, 0.15) is 6.42 Å². The number of carbonyl (C=O) groups excluding carboxylic acids is 2. The molecule has 1 fully saturated rings. The van der Waals surface area contributed by atoms with Crippen LogP contribution in [0.3, 0.4) is 0 Å². The molecular weight excluding hydrogens is 375 g/mol. The molecule has 0 radical (unpaired) electrons. The third-order valence-corrected chi connectivity index (χ3v) is 4.86. The van der Waals surface area contributed by atoms with E-state index in [1.54, 1.807) is 29.3 Å². The number of carbonyl (C=O) groups is 2. The van der Waals surface area contributed by atoms with Gasteiger partial charge in [0.25, 0.3) is 0 Å². The van der Waals surface area contributed by atoms with E-state index in [4.69, 9.17) is 23.2 Å². The molecule has 3 rings (SSSR count). The first-order valence-corrected chi connectivity index (χ1v) is 8.97. The highest BCUT2D eigenvalue weighted by Gasteiger charge is 2.23. The van der Waals surface area contributed by atoms with Gasteiger partial charge in [-0.15, -0.1) is 0 Å². The predicted molar refractivity (Wildman–Crippen MR) is 103 cm³/mol. The maximum Gasteiger partial charge on any atom is 0.233 e. The molecule has 0 atom stereocenters. The molecular formula is C18H18Cl2N4O2.